The standard InChI is InChI=1S/C10H19N5O/c1-10(2,3)12-5-9(16)15(4)6-8-11-7-13-14-8/h7,12H,5-6H2,1-4H3,(H,11,13,14). The van der Waals surface area contributed by atoms with Crippen molar-refractivity contribution in [2.75, 3.05) is 13.6 Å². The minimum absolute atomic E-state index is 0.0336. The Morgan fingerprint density at radius 2 is 2.25 bits per heavy atom. The monoisotopic (exact) mass is 225 g/mol. The van der Waals surface area contributed by atoms with Crippen LogP contribution < -0.4 is 5.32 Å². The van der Waals surface area contributed by atoms with E-state index >= 15 is 0 Å². The average molecular weight is 225 g/mol. The molecule has 16 heavy (non-hydrogen) atoms. The van der Waals surface area contributed by atoms with Crippen molar-refractivity contribution in [1.82, 2.24) is 25.4 Å². The van der Waals surface area contributed by atoms with Crippen molar-refractivity contribution in [1.29, 1.82) is 0 Å². The Bertz CT molecular complexity index is 327. The van der Waals surface area contributed by atoms with Crippen LogP contribution in [0.1, 0.15) is 26.6 Å². The zero-order valence-corrected chi connectivity index (χ0v) is 10.2. The third kappa shape index (κ3) is 4.39. The highest BCUT2D eigenvalue weighted by molar-refractivity contribution is 5.77. The van der Waals surface area contributed by atoms with Crippen molar-refractivity contribution in [3.8, 4) is 0 Å². The molecule has 0 unspecified atom stereocenters. The highest BCUT2D eigenvalue weighted by atomic mass is 16.2. The molecule has 0 atom stereocenters. The predicted octanol–water partition coefficient (Wildman–Crippen LogP) is 0.151. The van der Waals surface area contributed by atoms with Gasteiger partial charge in [-0.1, -0.05) is 0 Å². The van der Waals surface area contributed by atoms with Crippen LogP contribution in [-0.4, -0.2) is 45.1 Å². The second kappa shape index (κ2) is 5.07. The summed E-state index contributed by atoms with van der Waals surface area (Å²) in [5, 5.41) is 9.59. The van der Waals surface area contributed by atoms with E-state index in [-0.39, 0.29) is 11.4 Å². The van der Waals surface area contributed by atoms with Gasteiger partial charge in [-0.25, -0.2) is 4.98 Å². The minimum Gasteiger partial charge on any atom is -0.337 e. The number of carbonyl (C=O) groups excluding carboxylic acids is 1. The molecule has 0 radical (unpaired) electrons. The second-order valence-corrected chi connectivity index (χ2v) is 4.79. The SMILES string of the molecule is CN(Cc1ncn[nH]1)C(=O)CNC(C)(C)C. The van der Waals surface area contributed by atoms with Crippen molar-refractivity contribution in [2.24, 2.45) is 0 Å². The van der Waals surface area contributed by atoms with E-state index in [1.165, 1.54) is 6.33 Å². The van der Waals surface area contributed by atoms with Gasteiger partial charge in [0.15, 0.2) is 0 Å². The molecule has 1 amide bonds. The van der Waals surface area contributed by atoms with Crippen LogP contribution in [0.3, 0.4) is 0 Å². The molecule has 0 spiro atoms. The third-order valence-electron chi connectivity index (χ3n) is 2.05. The first-order chi connectivity index (χ1) is 7.38. The van der Waals surface area contributed by atoms with Crippen LogP contribution in [0.15, 0.2) is 6.33 Å². The van der Waals surface area contributed by atoms with E-state index in [0.29, 0.717) is 18.9 Å². The largest absolute Gasteiger partial charge is 0.337 e. The highest BCUT2D eigenvalue weighted by Crippen LogP contribution is 1.99. The van der Waals surface area contributed by atoms with E-state index in [1.54, 1.807) is 11.9 Å². The zero-order chi connectivity index (χ0) is 12.2. The van der Waals surface area contributed by atoms with Crippen molar-refractivity contribution < 1.29 is 4.79 Å². The Hall–Kier alpha value is -1.43. The highest BCUT2D eigenvalue weighted by Gasteiger charge is 2.14. The fraction of sp³-hybridized carbons (Fsp3) is 0.700. The van der Waals surface area contributed by atoms with Gasteiger partial charge in [0.2, 0.25) is 5.91 Å². The summed E-state index contributed by atoms with van der Waals surface area (Å²) in [6, 6.07) is 0. The smallest absolute Gasteiger partial charge is 0.236 e. The number of rotatable bonds is 4. The van der Waals surface area contributed by atoms with Gasteiger partial charge in [-0.05, 0) is 20.8 Å². The van der Waals surface area contributed by atoms with Gasteiger partial charge < -0.3 is 10.2 Å². The fourth-order valence-electron chi connectivity index (χ4n) is 1.10. The molecule has 0 aromatic carbocycles. The number of H-pyrrole nitrogens is 1. The summed E-state index contributed by atoms with van der Waals surface area (Å²) in [4.78, 5) is 17.3. The van der Waals surface area contributed by atoms with Gasteiger partial charge in [-0.3, -0.25) is 9.89 Å². The maximum Gasteiger partial charge on any atom is 0.236 e. The van der Waals surface area contributed by atoms with Crippen molar-refractivity contribution in [2.45, 2.75) is 32.9 Å². The lowest BCUT2D eigenvalue weighted by Gasteiger charge is -2.22. The molecule has 1 heterocycles. The van der Waals surface area contributed by atoms with Crippen LogP contribution in [0, 0.1) is 0 Å². The molecule has 0 aliphatic rings. The molecule has 0 saturated carbocycles. The molecule has 0 fully saturated rings. The maximum atomic E-state index is 11.7. The summed E-state index contributed by atoms with van der Waals surface area (Å²) in [7, 11) is 1.75. The van der Waals surface area contributed by atoms with Crippen LogP contribution in [0.4, 0.5) is 0 Å². The average Bonchev–Trinajstić information content (AvgIpc) is 2.65. The van der Waals surface area contributed by atoms with Crippen molar-refractivity contribution >= 4 is 5.91 Å². The number of amides is 1. The lowest BCUT2D eigenvalue weighted by molar-refractivity contribution is -0.129. The lowest BCUT2D eigenvalue weighted by atomic mass is 10.1. The zero-order valence-electron chi connectivity index (χ0n) is 10.2. The van der Waals surface area contributed by atoms with E-state index in [1.807, 2.05) is 20.8 Å². The maximum absolute atomic E-state index is 11.7. The fourth-order valence-corrected chi connectivity index (χ4v) is 1.10. The number of likely N-dealkylation sites (N-methyl/N-ethyl adjacent to an activating group) is 1. The predicted molar refractivity (Wildman–Crippen MR) is 60.6 cm³/mol. The molecular formula is C10H19N5O. The van der Waals surface area contributed by atoms with E-state index in [2.05, 4.69) is 20.5 Å². The number of nitrogens with one attached hydrogen (secondary N) is 2. The summed E-state index contributed by atoms with van der Waals surface area (Å²) in [6.07, 6.45) is 1.43. The topological polar surface area (TPSA) is 73.9 Å². The molecule has 6 nitrogen and oxygen atoms in total. The number of nitrogens with zero attached hydrogens (tertiary/aromatic N) is 3. The number of carbonyl (C=O) groups is 1. The van der Waals surface area contributed by atoms with Gasteiger partial charge in [-0.2, -0.15) is 5.10 Å². The Morgan fingerprint density at radius 1 is 1.56 bits per heavy atom. The summed E-state index contributed by atoms with van der Waals surface area (Å²) in [6.45, 7) is 6.85. The lowest BCUT2D eigenvalue weighted by Crippen LogP contribution is -2.43. The van der Waals surface area contributed by atoms with Crippen molar-refractivity contribution in [3.05, 3.63) is 12.2 Å². The molecule has 2 N–H and O–H groups in total. The van der Waals surface area contributed by atoms with Gasteiger partial charge in [0.05, 0.1) is 13.1 Å². The molecule has 1 rings (SSSR count). The van der Waals surface area contributed by atoms with Crippen LogP contribution in [0.25, 0.3) is 0 Å². The molecule has 90 valence electrons. The first-order valence-corrected chi connectivity index (χ1v) is 5.22. The van der Waals surface area contributed by atoms with E-state index < -0.39 is 0 Å². The van der Waals surface area contributed by atoms with E-state index in [9.17, 15) is 4.79 Å². The number of hydrogen-bond donors (Lipinski definition) is 2. The van der Waals surface area contributed by atoms with Gasteiger partial charge in [0.1, 0.15) is 12.2 Å². The third-order valence-corrected chi connectivity index (χ3v) is 2.05. The summed E-state index contributed by atoms with van der Waals surface area (Å²) < 4.78 is 0. The minimum atomic E-state index is -0.0528. The molecule has 1 aromatic rings. The van der Waals surface area contributed by atoms with Gasteiger partial charge in [-0.15, -0.1) is 0 Å². The Kier molecular flexibility index (Phi) is 4.00. The van der Waals surface area contributed by atoms with Gasteiger partial charge >= 0.3 is 0 Å². The molecule has 0 aliphatic carbocycles. The number of aromatic amines is 1. The molecule has 0 bridgehead atoms. The van der Waals surface area contributed by atoms with Crippen LogP contribution >= 0.6 is 0 Å². The Labute approximate surface area is 95.4 Å². The van der Waals surface area contributed by atoms with Crippen molar-refractivity contribution in [3.63, 3.8) is 0 Å². The van der Waals surface area contributed by atoms with E-state index in [0.717, 1.165) is 0 Å². The Morgan fingerprint density at radius 3 is 2.75 bits per heavy atom. The number of hydrogen-bond acceptors (Lipinski definition) is 4. The van der Waals surface area contributed by atoms with Crippen LogP contribution in [-0.2, 0) is 11.3 Å². The van der Waals surface area contributed by atoms with E-state index in [4.69, 9.17) is 0 Å². The Balaban J connectivity index is 2.37. The van der Waals surface area contributed by atoms with Crippen LogP contribution in [0.5, 0.6) is 0 Å². The second-order valence-electron chi connectivity index (χ2n) is 4.79. The summed E-state index contributed by atoms with van der Waals surface area (Å²) in [5.74, 6) is 0.720. The molecule has 0 saturated heterocycles. The van der Waals surface area contributed by atoms with Gasteiger partial charge in [0.25, 0.3) is 0 Å². The summed E-state index contributed by atoms with van der Waals surface area (Å²) >= 11 is 0. The van der Waals surface area contributed by atoms with Crippen LogP contribution in [0.2, 0.25) is 0 Å². The molecular weight excluding hydrogens is 206 g/mol. The molecule has 0 aliphatic heterocycles. The molecule has 1 aromatic heterocycles. The molecule has 6 heteroatoms. The number of aromatic nitrogens is 3. The quantitative estimate of drug-likeness (QED) is 0.765. The normalized spacial score (nSPS) is 11.5. The first-order valence-electron chi connectivity index (χ1n) is 5.22. The summed E-state index contributed by atoms with van der Waals surface area (Å²) in [5.41, 5.74) is -0.0528. The first kappa shape index (κ1) is 12.6. The van der Waals surface area contributed by atoms with Gasteiger partial charge in [0, 0.05) is 12.6 Å².